The Morgan fingerprint density at radius 2 is 1.79 bits per heavy atom. The summed E-state index contributed by atoms with van der Waals surface area (Å²) in [6.07, 6.45) is 5.59. The predicted octanol–water partition coefficient (Wildman–Crippen LogP) is 4.54. The molecule has 1 N–H and O–H groups in total. The van der Waals surface area contributed by atoms with E-state index in [0.29, 0.717) is 11.3 Å². The van der Waals surface area contributed by atoms with E-state index in [2.05, 4.69) is 22.4 Å². The van der Waals surface area contributed by atoms with Crippen molar-refractivity contribution in [1.82, 2.24) is 19.6 Å². The second kappa shape index (κ2) is 10.2. The Morgan fingerprint density at radius 3 is 2.44 bits per heavy atom. The first-order valence-corrected chi connectivity index (χ1v) is 10.8. The Bertz CT molecular complexity index is 1300. The first kappa shape index (κ1) is 23.0. The zero-order valence-electron chi connectivity index (χ0n) is 18.2. The Balaban J connectivity index is 1.31. The fourth-order valence-corrected chi connectivity index (χ4v) is 3.42. The smallest absolute Gasteiger partial charge is 0.408 e. The van der Waals surface area contributed by atoms with Crippen molar-refractivity contribution in [3.63, 3.8) is 0 Å². The van der Waals surface area contributed by atoms with E-state index in [0.717, 1.165) is 17.7 Å². The molecule has 0 atom stereocenters. The lowest BCUT2D eigenvalue weighted by atomic mass is 10.1. The molecule has 2 aromatic heterocycles. The molecule has 10 nitrogen and oxygen atoms in total. The zero-order chi connectivity index (χ0) is 24.1. The van der Waals surface area contributed by atoms with E-state index in [4.69, 9.17) is 16.3 Å². The molecule has 0 radical (unpaired) electrons. The second-order valence-corrected chi connectivity index (χ2v) is 7.85. The van der Waals surface area contributed by atoms with Crippen molar-refractivity contribution in [2.24, 2.45) is 0 Å². The van der Waals surface area contributed by atoms with Crippen molar-refractivity contribution in [3.8, 4) is 5.75 Å². The molecule has 0 aliphatic heterocycles. The van der Waals surface area contributed by atoms with Gasteiger partial charge in [0, 0.05) is 5.56 Å². The van der Waals surface area contributed by atoms with E-state index in [9.17, 15) is 14.9 Å². The average molecular weight is 481 g/mol. The van der Waals surface area contributed by atoms with Crippen LogP contribution in [0.4, 0.5) is 11.5 Å². The highest BCUT2D eigenvalue weighted by molar-refractivity contribution is 6.32. The van der Waals surface area contributed by atoms with Crippen LogP contribution in [0.25, 0.3) is 0 Å². The monoisotopic (exact) mass is 480 g/mol. The summed E-state index contributed by atoms with van der Waals surface area (Å²) in [5.41, 5.74) is 3.03. The third kappa shape index (κ3) is 5.59. The lowest BCUT2D eigenvalue weighted by Crippen LogP contribution is -2.12. The lowest BCUT2D eigenvalue weighted by Gasteiger charge is -2.07. The molecule has 0 unspecified atom stereocenters. The number of benzene rings is 2. The normalized spacial score (nSPS) is 10.8. The molecule has 0 spiro atoms. The summed E-state index contributed by atoms with van der Waals surface area (Å²) in [5.74, 6) is 0.0586. The Kier molecular flexibility index (Phi) is 6.88. The summed E-state index contributed by atoms with van der Waals surface area (Å²) >= 11 is 5.82. The van der Waals surface area contributed by atoms with Crippen LogP contribution in [0.15, 0.2) is 67.1 Å². The van der Waals surface area contributed by atoms with E-state index < -0.39 is 10.7 Å². The van der Waals surface area contributed by atoms with Crippen LogP contribution in [0, 0.1) is 10.1 Å². The summed E-state index contributed by atoms with van der Waals surface area (Å²) < 4.78 is 8.68. The molecule has 1 amide bonds. The molecular formula is C23H21ClN6O4. The van der Waals surface area contributed by atoms with Gasteiger partial charge in [-0.2, -0.15) is 9.78 Å². The summed E-state index contributed by atoms with van der Waals surface area (Å²) in [6.45, 7) is 2.59. The number of carbonyl (C=O) groups excluding carboxylic acids is 1. The number of amides is 1. The molecule has 2 heterocycles. The molecule has 2 aromatic carbocycles. The number of carbonyl (C=O) groups is 1. The van der Waals surface area contributed by atoms with Crippen molar-refractivity contribution in [1.29, 1.82) is 0 Å². The molecule has 4 rings (SSSR count). The number of aryl methyl sites for hydroxylation is 1. The standard InChI is InChI=1S/C23H21ClN6O4/c1-2-16-5-9-20(10-6-16)34-15-29-13-19(11-25-29)26-23(31)18-7-3-17(4-8-18)12-28-14-21(24)22(27-28)30(32)33/h3-11,13-14H,2,12,15H2,1H3,(H,26,31). The first-order valence-electron chi connectivity index (χ1n) is 10.4. The molecule has 34 heavy (non-hydrogen) atoms. The average Bonchev–Trinajstić information content (AvgIpc) is 3.44. The van der Waals surface area contributed by atoms with Crippen LogP contribution in [-0.4, -0.2) is 30.4 Å². The first-order chi connectivity index (χ1) is 16.4. The third-order valence-corrected chi connectivity index (χ3v) is 5.29. The molecule has 174 valence electrons. The summed E-state index contributed by atoms with van der Waals surface area (Å²) in [5, 5.41) is 21.7. The van der Waals surface area contributed by atoms with Crippen molar-refractivity contribution in [2.45, 2.75) is 26.6 Å². The van der Waals surface area contributed by atoms with Crippen LogP contribution in [0.1, 0.15) is 28.4 Å². The summed E-state index contributed by atoms with van der Waals surface area (Å²) in [6, 6.07) is 14.7. The number of hydrogen-bond donors (Lipinski definition) is 1. The maximum absolute atomic E-state index is 12.6. The van der Waals surface area contributed by atoms with Gasteiger partial charge in [0.2, 0.25) is 0 Å². The molecular weight excluding hydrogens is 460 g/mol. The van der Waals surface area contributed by atoms with Crippen molar-refractivity contribution in [3.05, 3.63) is 98.9 Å². The Labute approximate surface area is 199 Å². The Morgan fingerprint density at radius 1 is 1.09 bits per heavy atom. The van der Waals surface area contributed by atoms with Gasteiger partial charge >= 0.3 is 5.82 Å². The molecule has 0 aliphatic rings. The number of hydrogen-bond acceptors (Lipinski definition) is 6. The van der Waals surface area contributed by atoms with E-state index in [1.54, 1.807) is 41.3 Å². The number of halogens is 1. The van der Waals surface area contributed by atoms with Crippen molar-refractivity contribution >= 4 is 29.0 Å². The highest BCUT2D eigenvalue weighted by Gasteiger charge is 2.19. The van der Waals surface area contributed by atoms with Gasteiger partial charge < -0.3 is 20.2 Å². The highest BCUT2D eigenvalue weighted by atomic mass is 35.5. The van der Waals surface area contributed by atoms with Crippen molar-refractivity contribution in [2.75, 3.05) is 5.32 Å². The second-order valence-electron chi connectivity index (χ2n) is 7.45. The summed E-state index contributed by atoms with van der Waals surface area (Å²) in [4.78, 5) is 22.8. The van der Waals surface area contributed by atoms with Crippen LogP contribution >= 0.6 is 11.6 Å². The van der Waals surface area contributed by atoms with Gasteiger partial charge in [0.25, 0.3) is 5.91 Å². The van der Waals surface area contributed by atoms with Crippen LogP contribution in [0.5, 0.6) is 5.75 Å². The summed E-state index contributed by atoms with van der Waals surface area (Å²) in [7, 11) is 0. The van der Waals surface area contributed by atoms with Gasteiger partial charge in [0.1, 0.15) is 5.75 Å². The fraction of sp³-hybridized carbons (Fsp3) is 0.174. The van der Waals surface area contributed by atoms with Crippen LogP contribution < -0.4 is 10.1 Å². The number of nitrogens with one attached hydrogen (secondary N) is 1. The minimum Gasteiger partial charge on any atom is -0.471 e. The topological polar surface area (TPSA) is 117 Å². The minimum atomic E-state index is -0.635. The maximum atomic E-state index is 12.6. The maximum Gasteiger partial charge on any atom is 0.408 e. The fourth-order valence-electron chi connectivity index (χ4n) is 3.20. The van der Waals surface area contributed by atoms with E-state index >= 15 is 0 Å². The quantitative estimate of drug-likeness (QED) is 0.277. The van der Waals surface area contributed by atoms with Gasteiger partial charge in [-0.3, -0.25) is 4.79 Å². The van der Waals surface area contributed by atoms with Gasteiger partial charge in [-0.25, -0.2) is 4.68 Å². The van der Waals surface area contributed by atoms with Crippen LogP contribution in [-0.2, 0) is 19.7 Å². The predicted molar refractivity (Wildman–Crippen MR) is 126 cm³/mol. The van der Waals surface area contributed by atoms with E-state index in [1.165, 1.54) is 16.4 Å². The van der Waals surface area contributed by atoms with Gasteiger partial charge in [-0.15, -0.1) is 0 Å². The number of anilines is 1. The van der Waals surface area contributed by atoms with Gasteiger partial charge in [0.05, 0.1) is 35.9 Å². The lowest BCUT2D eigenvalue weighted by molar-refractivity contribution is -0.389. The third-order valence-electron chi connectivity index (χ3n) is 5.02. The van der Waals surface area contributed by atoms with Gasteiger partial charge in [-0.05, 0) is 46.7 Å². The number of nitrogens with zero attached hydrogens (tertiary/aromatic N) is 5. The van der Waals surface area contributed by atoms with E-state index in [-0.39, 0.29) is 24.2 Å². The van der Waals surface area contributed by atoms with Crippen molar-refractivity contribution < 1.29 is 14.5 Å². The van der Waals surface area contributed by atoms with E-state index in [1.807, 2.05) is 24.3 Å². The molecule has 4 aromatic rings. The SMILES string of the molecule is CCc1ccc(OCn2cc(NC(=O)c3ccc(Cn4cc(Cl)c([N+](=O)[O-])n4)cc3)cn2)cc1. The zero-order valence-corrected chi connectivity index (χ0v) is 19.0. The minimum absolute atomic E-state index is 0.0265. The van der Waals surface area contributed by atoms with Gasteiger partial charge in [-0.1, -0.05) is 42.8 Å². The number of nitro groups is 1. The number of rotatable bonds is 9. The molecule has 0 saturated carbocycles. The Hall–Kier alpha value is -4.18. The number of ether oxygens (including phenoxy) is 1. The molecule has 0 fully saturated rings. The molecule has 0 saturated heterocycles. The highest BCUT2D eigenvalue weighted by Crippen LogP contribution is 2.22. The molecule has 11 heteroatoms. The molecule has 0 aliphatic carbocycles. The number of aromatic nitrogens is 4. The largest absolute Gasteiger partial charge is 0.471 e. The molecule has 0 bridgehead atoms. The van der Waals surface area contributed by atoms with Crippen LogP contribution in [0.2, 0.25) is 5.02 Å². The van der Waals surface area contributed by atoms with Gasteiger partial charge in [0.15, 0.2) is 11.8 Å². The van der Waals surface area contributed by atoms with Crippen LogP contribution in [0.3, 0.4) is 0 Å².